The number of nitrogens with zero attached hydrogens (tertiary/aromatic N) is 2. The third-order valence-electron chi connectivity index (χ3n) is 4.31. The van der Waals surface area contributed by atoms with Gasteiger partial charge in [0.2, 0.25) is 0 Å². The normalized spacial score (nSPS) is 11.9. The first-order chi connectivity index (χ1) is 12.7. The van der Waals surface area contributed by atoms with Gasteiger partial charge in [-0.3, -0.25) is 4.99 Å². The summed E-state index contributed by atoms with van der Waals surface area (Å²) >= 11 is 1.75. The molecule has 3 rings (SSSR count). The van der Waals surface area contributed by atoms with Crippen molar-refractivity contribution < 1.29 is 0 Å². The van der Waals surface area contributed by atoms with E-state index >= 15 is 0 Å². The van der Waals surface area contributed by atoms with Crippen LogP contribution in [0.15, 0.2) is 35.6 Å². The molecule has 2 aromatic heterocycles. The molecule has 3 N–H and O–H groups in total. The Hall–Kier alpha value is -2.34. The van der Waals surface area contributed by atoms with Crippen molar-refractivity contribution >= 4 is 28.2 Å². The molecule has 5 nitrogen and oxygen atoms in total. The molecule has 0 spiro atoms. The van der Waals surface area contributed by atoms with Crippen LogP contribution in [0.4, 0.5) is 0 Å². The standard InChI is InChI=1S/C20H27N5S/c1-4-21-20(23-11-9-18-24-12-15(3)26-18)22-10-8-16-13-25-19-14(2)6-5-7-17(16)19/h5-7,12-13,25H,4,8-11H2,1-3H3,(H2,21,22,23). The van der Waals surface area contributed by atoms with E-state index in [9.17, 15) is 0 Å². The summed E-state index contributed by atoms with van der Waals surface area (Å²) in [6.45, 7) is 8.76. The van der Waals surface area contributed by atoms with Crippen LogP contribution in [0.1, 0.15) is 27.9 Å². The van der Waals surface area contributed by atoms with Gasteiger partial charge >= 0.3 is 0 Å². The lowest BCUT2D eigenvalue weighted by Crippen LogP contribution is -2.38. The van der Waals surface area contributed by atoms with Crippen LogP contribution in [0.25, 0.3) is 10.9 Å². The van der Waals surface area contributed by atoms with Crippen molar-refractivity contribution in [3.8, 4) is 0 Å². The summed E-state index contributed by atoms with van der Waals surface area (Å²) < 4.78 is 0. The van der Waals surface area contributed by atoms with E-state index in [1.165, 1.54) is 26.9 Å². The first-order valence-corrected chi connectivity index (χ1v) is 9.98. The number of hydrogen-bond acceptors (Lipinski definition) is 3. The fraction of sp³-hybridized carbons (Fsp3) is 0.400. The van der Waals surface area contributed by atoms with E-state index in [0.29, 0.717) is 0 Å². The average Bonchev–Trinajstić information content (AvgIpc) is 3.22. The highest BCUT2D eigenvalue weighted by molar-refractivity contribution is 7.11. The largest absolute Gasteiger partial charge is 0.361 e. The minimum atomic E-state index is 0.745. The molecule has 0 amide bonds. The SMILES string of the molecule is CCNC(=NCCc1ncc(C)s1)NCCc1c[nH]c2c(C)cccc12. The summed E-state index contributed by atoms with van der Waals surface area (Å²) in [7, 11) is 0. The zero-order valence-electron chi connectivity index (χ0n) is 15.7. The molecule has 0 saturated heterocycles. The van der Waals surface area contributed by atoms with Crippen LogP contribution < -0.4 is 10.6 Å². The Morgan fingerprint density at radius 2 is 2.12 bits per heavy atom. The van der Waals surface area contributed by atoms with Gasteiger partial charge < -0.3 is 15.6 Å². The number of H-pyrrole nitrogens is 1. The molecule has 3 aromatic rings. The smallest absolute Gasteiger partial charge is 0.191 e. The molecule has 1 aromatic carbocycles. The van der Waals surface area contributed by atoms with Crippen molar-refractivity contribution in [3.63, 3.8) is 0 Å². The van der Waals surface area contributed by atoms with Gasteiger partial charge in [0.1, 0.15) is 0 Å². The highest BCUT2D eigenvalue weighted by Gasteiger charge is 2.06. The van der Waals surface area contributed by atoms with Crippen LogP contribution in [-0.4, -0.2) is 35.6 Å². The molecule has 0 radical (unpaired) electrons. The number of hydrogen-bond donors (Lipinski definition) is 3. The molecule has 0 atom stereocenters. The van der Waals surface area contributed by atoms with Gasteiger partial charge in [0.05, 0.1) is 5.01 Å². The van der Waals surface area contributed by atoms with E-state index in [4.69, 9.17) is 0 Å². The maximum absolute atomic E-state index is 4.67. The quantitative estimate of drug-likeness (QED) is 0.440. The van der Waals surface area contributed by atoms with Gasteiger partial charge in [-0.05, 0) is 38.3 Å². The van der Waals surface area contributed by atoms with E-state index < -0.39 is 0 Å². The predicted molar refractivity (Wildman–Crippen MR) is 111 cm³/mol. The number of aromatic nitrogens is 2. The van der Waals surface area contributed by atoms with Crippen molar-refractivity contribution in [3.05, 3.63) is 51.6 Å². The lowest BCUT2D eigenvalue weighted by Gasteiger charge is -2.11. The molecule has 0 aliphatic rings. The summed E-state index contributed by atoms with van der Waals surface area (Å²) in [5, 5.41) is 9.21. The van der Waals surface area contributed by atoms with Gasteiger partial charge in [0.25, 0.3) is 0 Å². The van der Waals surface area contributed by atoms with E-state index in [1.807, 2.05) is 6.20 Å². The average molecular weight is 370 g/mol. The fourth-order valence-corrected chi connectivity index (χ4v) is 3.78. The van der Waals surface area contributed by atoms with Gasteiger partial charge in [-0.15, -0.1) is 11.3 Å². The van der Waals surface area contributed by atoms with Gasteiger partial charge in [0, 0.05) is 54.2 Å². The van der Waals surface area contributed by atoms with E-state index in [2.05, 4.69) is 70.8 Å². The summed E-state index contributed by atoms with van der Waals surface area (Å²) in [5.74, 6) is 0.872. The summed E-state index contributed by atoms with van der Waals surface area (Å²) in [6, 6.07) is 6.44. The molecule has 0 unspecified atom stereocenters. The fourth-order valence-electron chi connectivity index (χ4n) is 3.01. The minimum Gasteiger partial charge on any atom is -0.361 e. The molecule has 6 heteroatoms. The number of para-hydroxylation sites is 1. The summed E-state index contributed by atoms with van der Waals surface area (Å²) in [4.78, 5) is 13.7. The number of rotatable bonds is 7. The molecule has 0 fully saturated rings. The Labute approximate surface area is 159 Å². The monoisotopic (exact) mass is 369 g/mol. The number of fused-ring (bicyclic) bond motifs is 1. The lowest BCUT2D eigenvalue weighted by atomic mass is 10.1. The number of aryl methyl sites for hydroxylation is 2. The van der Waals surface area contributed by atoms with Crippen LogP contribution >= 0.6 is 11.3 Å². The second-order valence-corrected chi connectivity index (χ2v) is 7.68. The molecular weight excluding hydrogens is 342 g/mol. The van der Waals surface area contributed by atoms with Crippen molar-refractivity contribution in [1.29, 1.82) is 0 Å². The molecule has 26 heavy (non-hydrogen) atoms. The van der Waals surface area contributed by atoms with Crippen LogP contribution in [0.3, 0.4) is 0 Å². The third-order valence-corrected chi connectivity index (χ3v) is 5.28. The van der Waals surface area contributed by atoms with E-state index in [1.54, 1.807) is 11.3 Å². The second-order valence-electron chi connectivity index (χ2n) is 6.36. The Morgan fingerprint density at radius 1 is 1.23 bits per heavy atom. The van der Waals surface area contributed by atoms with Crippen molar-refractivity contribution in [2.75, 3.05) is 19.6 Å². The molecule has 2 heterocycles. The zero-order chi connectivity index (χ0) is 18.4. The minimum absolute atomic E-state index is 0.745. The van der Waals surface area contributed by atoms with Gasteiger partial charge in [-0.2, -0.15) is 0 Å². The number of thiazole rings is 1. The highest BCUT2D eigenvalue weighted by atomic mass is 32.1. The van der Waals surface area contributed by atoms with Crippen molar-refractivity contribution in [1.82, 2.24) is 20.6 Å². The van der Waals surface area contributed by atoms with Crippen LogP contribution in [0, 0.1) is 13.8 Å². The van der Waals surface area contributed by atoms with Crippen LogP contribution in [0.5, 0.6) is 0 Å². The lowest BCUT2D eigenvalue weighted by molar-refractivity contribution is 0.798. The van der Waals surface area contributed by atoms with Gasteiger partial charge in [-0.25, -0.2) is 4.98 Å². The van der Waals surface area contributed by atoms with Crippen molar-refractivity contribution in [2.45, 2.75) is 33.6 Å². The number of aromatic amines is 1. The summed E-state index contributed by atoms with van der Waals surface area (Å²) in [6.07, 6.45) is 5.89. The maximum atomic E-state index is 4.67. The highest BCUT2D eigenvalue weighted by Crippen LogP contribution is 2.21. The second kappa shape index (κ2) is 8.85. The number of benzene rings is 1. The zero-order valence-corrected chi connectivity index (χ0v) is 16.5. The number of nitrogens with one attached hydrogen (secondary N) is 3. The molecular formula is C20H27N5S. The number of guanidine groups is 1. The Bertz CT molecular complexity index is 877. The third kappa shape index (κ3) is 4.64. The first-order valence-electron chi connectivity index (χ1n) is 9.16. The van der Waals surface area contributed by atoms with Crippen LogP contribution in [-0.2, 0) is 12.8 Å². The molecule has 0 aliphatic carbocycles. The molecule has 0 bridgehead atoms. The van der Waals surface area contributed by atoms with Crippen molar-refractivity contribution in [2.24, 2.45) is 4.99 Å². The van der Waals surface area contributed by atoms with E-state index in [0.717, 1.165) is 43.4 Å². The molecule has 138 valence electrons. The first kappa shape index (κ1) is 18.5. The molecule has 0 saturated carbocycles. The van der Waals surface area contributed by atoms with Gasteiger partial charge in [0.15, 0.2) is 5.96 Å². The Morgan fingerprint density at radius 3 is 2.88 bits per heavy atom. The number of aliphatic imine (C=N–C) groups is 1. The predicted octanol–water partition coefficient (Wildman–Crippen LogP) is 3.58. The Kier molecular flexibility index (Phi) is 6.28. The van der Waals surface area contributed by atoms with Gasteiger partial charge in [-0.1, -0.05) is 18.2 Å². The molecule has 0 aliphatic heterocycles. The summed E-state index contributed by atoms with van der Waals surface area (Å²) in [5.41, 5.74) is 3.86. The van der Waals surface area contributed by atoms with Crippen LogP contribution in [0.2, 0.25) is 0 Å². The van der Waals surface area contributed by atoms with E-state index in [-0.39, 0.29) is 0 Å². The Balaban J connectivity index is 1.54. The topological polar surface area (TPSA) is 65.1 Å². The maximum Gasteiger partial charge on any atom is 0.191 e.